The van der Waals surface area contributed by atoms with Gasteiger partial charge in [-0.2, -0.15) is 0 Å². The quantitative estimate of drug-likeness (QED) is 0.334. The van der Waals surface area contributed by atoms with E-state index in [4.69, 9.17) is 5.73 Å². The van der Waals surface area contributed by atoms with Gasteiger partial charge in [0.2, 0.25) is 0 Å². The summed E-state index contributed by atoms with van der Waals surface area (Å²) in [4.78, 5) is 10.1. The van der Waals surface area contributed by atoms with Gasteiger partial charge in [-0.1, -0.05) is 13.0 Å². The van der Waals surface area contributed by atoms with E-state index in [2.05, 4.69) is 6.58 Å². The average molecular weight is 200 g/mol. The van der Waals surface area contributed by atoms with Crippen molar-refractivity contribution in [2.24, 2.45) is 5.73 Å². The normalized spacial score (nSPS) is 9.86. The predicted molar refractivity (Wildman–Crippen MR) is 55.8 cm³/mol. The minimum absolute atomic E-state index is 0.415. The van der Waals surface area contributed by atoms with E-state index in [-0.39, 0.29) is 0 Å². The molecule has 0 heterocycles. The Morgan fingerprint density at radius 3 is 2.71 bits per heavy atom. The summed E-state index contributed by atoms with van der Waals surface area (Å²) in [5.41, 5.74) is 5.94. The Kier molecular flexibility index (Phi) is 8.17. The number of nitrogens with zero attached hydrogens (tertiary/aromatic N) is 1. The van der Waals surface area contributed by atoms with Crippen LogP contribution in [0.4, 0.5) is 0 Å². The molecule has 4 heteroatoms. The molecule has 82 valence electrons. The van der Waals surface area contributed by atoms with Gasteiger partial charge in [0.15, 0.2) is 0 Å². The van der Waals surface area contributed by atoms with Gasteiger partial charge >= 0.3 is 0 Å². The van der Waals surface area contributed by atoms with Gasteiger partial charge in [-0.15, -0.1) is 0 Å². The first kappa shape index (κ1) is 13.1. The van der Waals surface area contributed by atoms with Gasteiger partial charge in [0, 0.05) is 18.7 Å². The first-order valence-electron chi connectivity index (χ1n) is 5.00. The fraction of sp³-hybridized carbons (Fsp3) is 0.700. The van der Waals surface area contributed by atoms with Crippen molar-refractivity contribution in [3.63, 3.8) is 0 Å². The molecule has 0 radical (unpaired) electrons. The number of carbonyl (C=O) groups excluding carboxylic acids is 1. The second-order valence-corrected chi connectivity index (χ2v) is 3.24. The van der Waals surface area contributed by atoms with Crippen molar-refractivity contribution in [3.05, 3.63) is 12.3 Å². The van der Waals surface area contributed by atoms with E-state index in [0.717, 1.165) is 30.6 Å². The third-order valence-corrected chi connectivity index (χ3v) is 1.99. The topological polar surface area (TPSA) is 66.6 Å². The minimum Gasteiger partial charge on any atom is -0.330 e. The first-order chi connectivity index (χ1) is 6.72. The fourth-order valence-electron chi connectivity index (χ4n) is 1.10. The van der Waals surface area contributed by atoms with Gasteiger partial charge in [-0.25, -0.2) is 0 Å². The second kappa shape index (κ2) is 8.72. The highest BCUT2D eigenvalue weighted by Crippen LogP contribution is 2.07. The minimum atomic E-state index is 0.415. The van der Waals surface area contributed by atoms with Crippen LogP contribution in [0.5, 0.6) is 0 Å². The first-order valence-corrected chi connectivity index (χ1v) is 5.00. The lowest BCUT2D eigenvalue weighted by atomic mass is 10.2. The maximum absolute atomic E-state index is 10.1. The Labute approximate surface area is 85.3 Å². The van der Waals surface area contributed by atoms with Gasteiger partial charge < -0.3 is 10.5 Å². The van der Waals surface area contributed by atoms with Crippen LogP contribution < -0.4 is 5.73 Å². The molecule has 0 rings (SSSR count). The Morgan fingerprint density at radius 2 is 2.14 bits per heavy atom. The molecule has 0 aliphatic rings. The molecule has 14 heavy (non-hydrogen) atoms. The average Bonchev–Trinajstić information content (AvgIpc) is 2.20. The van der Waals surface area contributed by atoms with E-state index < -0.39 is 0 Å². The maximum Gasteiger partial charge on any atom is 0.120 e. The molecule has 0 bridgehead atoms. The lowest BCUT2D eigenvalue weighted by Crippen LogP contribution is -2.19. The number of hydrogen-bond donors (Lipinski definition) is 2. The molecule has 0 atom stereocenters. The molecular formula is C10H20N2O2. The van der Waals surface area contributed by atoms with Gasteiger partial charge in [0.25, 0.3) is 0 Å². The van der Waals surface area contributed by atoms with Gasteiger partial charge in [-0.05, 0) is 25.8 Å². The number of hydroxylamine groups is 2. The summed E-state index contributed by atoms with van der Waals surface area (Å²) in [6.07, 6.45) is 4.65. The summed E-state index contributed by atoms with van der Waals surface area (Å²) in [5.74, 6) is 0. The van der Waals surface area contributed by atoms with Gasteiger partial charge in [-0.3, -0.25) is 10.3 Å². The van der Waals surface area contributed by atoms with Gasteiger partial charge in [0.05, 0.1) is 0 Å². The highest BCUT2D eigenvalue weighted by Gasteiger charge is 2.02. The predicted octanol–water partition coefficient (Wildman–Crippen LogP) is 1.30. The van der Waals surface area contributed by atoms with Crippen LogP contribution in [0.25, 0.3) is 0 Å². The molecule has 0 aliphatic heterocycles. The molecule has 3 N–H and O–H groups in total. The number of allylic oxidation sites excluding steroid dienone is 1. The highest BCUT2D eigenvalue weighted by molar-refractivity contribution is 5.49. The Bertz CT molecular complexity index is 172. The summed E-state index contributed by atoms with van der Waals surface area (Å²) in [7, 11) is 0. The van der Waals surface area contributed by atoms with Crippen LogP contribution in [0.2, 0.25) is 0 Å². The van der Waals surface area contributed by atoms with E-state index in [9.17, 15) is 10.0 Å². The van der Waals surface area contributed by atoms with Crippen molar-refractivity contribution < 1.29 is 10.0 Å². The zero-order valence-electron chi connectivity index (χ0n) is 8.61. The van der Waals surface area contributed by atoms with E-state index in [1.807, 2.05) is 0 Å². The zero-order valence-corrected chi connectivity index (χ0v) is 8.61. The van der Waals surface area contributed by atoms with Crippen molar-refractivity contribution in [2.75, 3.05) is 13.1 Å². The molecule has 0 aromatic heterocycles. The third kappa shape index (κ3) is 6.62. The Hall–Kier alpha value is -0.870. The van der Waals surface area contributed by atoms with E-state index in [0.29, 0.717) is 31.6 Å². The van der Waals surface area contributed by atoms with E-state index in [1.165, 1.54) is 0 Å². The molecule has 0 fully saturated rings. The number of nitrogens with two attached hydrogens (primary N) is 1. The Morgan fingerprint density at radius 1 is 1.43 bits per heavy atom. The van der Waals surface area contributed by atoms with E-state index in [1.54, 1.807) is 0 Å². The summed E-state index contributed by atoms with van der Waals surface area (Å²) in [6.45, 7) is 4.94. The third-order valence-electron chi connectivity index (χ3n) is 1.99. The molecule has 0 aromatic rings. The van der Waals surface area contributed by atoms with Crippen LogP contribution in [0.15, 0.2) is 12.3 Å². The molecule has 0 unspecified atom stereocenters. The molecule has 0 amide bonds. The maximum atomic E-state index is 10.1. The number of carbonyl (C=O) groups is 1. The van der Waals surface area contributed by atoms with Crippen LogP contribution in [0.1, 0.15) is 32.1 Å². The monoisotopic (exact) mass is 200 g/mol. The van der Waals surface area contributed by atoms with Crippen LogP contribution in [0, 0.1) is 0 Å². The molecule has 0 saturated carbocycles. The SMILES string of the molecule is C=C(CCC=O)N(O)CCCCCN. The van der Waals surface area contributed by atoms with Gasteiger partial charge in [0.1, 0.15) is 6.29 Å². The van der Waals surface area contributed by atoms with Crippen LogP contribution in [-0.2, 0) is 4.79 Å². The second-order valence-electron chi connectivity index (χ2n) is 3.24. The summed E-state index contributed by atoms with van der Waals surface area (Å²) < 4.78 is 0. The fourth-order valence-corrected chi connectivity index (χ4v) is 1.10. The van der Waals surface area contributed by atoms with Crippen molar-refractivity contribution >= 4 is 6.29 Å². The zero-order chi connectivity index (χ0) is 10.8. The molecular weight excluding hydrogens is 180 g/mol. The van der Waals surface area contributed by atoms with Crippen LogP contribution in [0.3, 0.4) is 0 Å². The summed E-state index contributed by atoms with van der Waals surface area (Å²) in [5, 5.41) is 10.6. The molecule has 4 nitrogen and oxygen atoms in total. The molecule has 0 saturated heterocycles. The summed E-state index contributed by atoms with van der Waals surface area (Å²) >= 11 is 0. The van der Waals surface area contributed by atoms with Crippen molar-refractivity contribution in [1.82, 2.24) is 5.06 Å². The lowest BCUT2D eigenvalue weighted by molar-refractivity contribution is -0.108. The number of unbranched alkanes of at least 4 members (excludes halogenated alkanes) is 2. The van der Waals surface area contributed by atoms with Crippen LogP contribution in [-0.4, -0.2) is 29.6 Å². The number of rotatable bonds is 9. The molecule has 0 spiro atoms. The summed E-state index contributed by atoms with van der Waals surface area (Å²) in [6, 6.07) is 0. The smallest absolute Gasteiger partial charge is 0.120 e. The largest absolute Gasteiger partial charge is 0.330 e. The van der Waals surface area contributed by atoms with E-state index >= 15 is 0 Å². The standard InChI is InChI=1S/C10H20N2O2/c1-10(6-5-9-13)12(14)8-4-2-3-7-11/h9,14H,1-8,11H2. The number of hydrogen-bond acceptors (Lipinski definition) is 4. The van der Waals surface area contributed by atoms with Crippen molar-refractivity contribution in [2.45, 2.75) is 32.1 Å². The molecule has 0 aromatic carbocycles. The highest BCUT2D eigenvalue weighted by atomic mass is 16.5. The van der Waals surface area contributed by atoms with Crippen molar-refractivity contribution in [1.29, 1.82) is 0 Å². The number of aldehydes is 1. The lowest BCUT2D eigenvalue weighted by Gasteiger charge is -2.18. The Balaban J connectivity index is 3.46. The van der Waals surface area contributed by atoms with Crippen molar-refractivity contribution in [3.8, 4) is 0 Å². The molecule has 0 aliphatic carbocycles. The van der Waals surface area contributed by atoms with Crippen LogP contribution >= 0.6 is 0 Å².